The molecule has 28 heavy (non-hydrogen) atoms. The number of hydrogen-bond donors (Lipinski definition) is 2. The molecule has 1 fully saturated rings. The molecule has 0 aromatic carbocycles. The molecule has 9 heteroatoms. The molecular weight excluding hydrogens is 362 g/mol. The van der Waals surface area contributed by atoms with E-state index in [1.54, 1.807) is 0 Å². The fraction of sp³-hybridized carbons (Fsp3) is 0.421. The van der Waals surface area contributed by atoms with Crippen molar-refractivity contribution in [1.29, 1.82) is 0 Å². The Morgan fingerprint density at radius 1 is 1.14 bits per heavy atom. The first-order valence-electron chi connectivity index (χ1n) is 9.20. The van der Waals surface area contributed by atoms with Gasteiger partial charge in [0, 0.05) is 37.4 Å². The zero-order valence-electron chi connectivity index (χ0n) is 15.8. The van der Waals surface area contributed by atoms with E-state index in [0.717, 1.165) is 0 Å². The summed E-state index contributed by atoms with van der Waals surface area (Å²) in [6, 6.07) is 1.45. The van der Waals surface area contributed by atoms with Gasteiger partial charge in [-0.25, -0.2) is 9.97 Å². The van der Waals surface area contributed by atoms with Crippen molar-refractivity contribution in [2.24, 2.45) is 5.92 Å². The first-order valence-corrected chi connectivity index (χ1v) is 9.20. The average Bonchev–Trinajstić information content (AvgIpc) is 3.23. The topological polar surface area (TPSA) is 117 Å². The van der Waals surface area contributed by atoms with Gasteiger partial charge in [-0.3, -0.25) is 14.4 Å². The summed E-state index contributed by atoms with van der Waals surface area (Å²) in [5.74, 6) is -0.679. The molecule has 9 nitrogen and oxygen atoms in total. The molecule has 0 bridgehead atoms. The van der Waals surface area contributed by atoms with Crippen LogP contribution in [0.2, 0.25) is 0 Å². The fourth-order valence-corrected chi connectivity index (χ4v) is 3.03. The van der Waals surface area contributed by atoms with Crippen LogP contribution in [0.15, 0.2) is 35.4 Å². The molecule has 0 spiro atoms. The Morgan fingerprint density at radius 3 is 2.50 bits per heavy atom. The van der Waals surface area contributed by atoms with Gasteiger partial charge in [-0.15, -0.1) is 0 Å². The van der Waals surface area contributed by atoms with Crippen LogP contribution in [0, 0.1) is 5.92 Å². The van der Waals surface area contributed by atoms with Gasteiger partial charge >= 0.3 is 0 Å². The van der Waals surface area contributed by atoms with Crippen molar-refractivity contribution in [2.45, 2.75) is 32.7 Å². The van der Waals surface area contributed by atoms with Crippen LogP contribution in [0.3, 0.4) is 0 Å². The van der Waals surface area contributed by atoms with Crippen LogP contribution in [-0.4, -0.2) is 51.7 Å². The van der Waals surface area contributed by atoms with Gasteiger partial charge in [-0.2, -0.15) is 0 Å². The Bertz CT molecular complexity index is 842. The van der Waals surface area contributed by atoms with E-state index in [4.69, 9.17) is 4.42 Å². The van der Waals surface area contributed by atoms with Crippen LogP contribution in [0.25, 0.3) is 0 Å². The van der Waals surface area contributed by atoms with Gasteiger partial charge < -0.3 is 20.0 Å². The largest absolute Gasteiger partial charge is 0.472 e. The number of nitrogens with zero attached hydrogens (tertiary/aromatic N) is 3. The highest BCUT2D eigenvalue weighted by molar-refractivity contribution is 6.07. The number of amides is 3. The quantitative estimate of drug-likeness (QED) is 0.809. The number of carbonyl (C=O) groups excluding carboxylic acids is 3. The lowest BCUT2D eigenvalue weighted by Gasteiger charge is -2.33. The van der Waals surface area contributed by atoms with E-state index in [1.807, 2.05) is 18.7 Å². The van der Waals surface area contributed by atoms with E-state index < -0.39 is 11.8 Å². The van der Waals surface area contributed by atoms with E-state index >= 15 is 0 Å². The smallest absolute Gasteiger partial charge is 0.273 e. The van der Waals surface area contributed by atoms with Gasteiger partial charge in [0.1, 0.15) is 6.26 Å². The normalized spacial score (nSPS) is 14.8. The van der Waals surface area contributed by atoms with Crippen molar-refractivity contribution in [3.63, 3.8) is 0 Å². The summed E-state index contributed by atoms with van der Waals surface area (Å²) in [5, 5.41) is 5.50. The number of rotatable bonds is 5. The Kier molecular flexibility index (Phi) is 6.03. The highest BCUT2D eigenvalue weighted by Gasteiger charge is 2.26. The molecule has 0 aliphatic carbocycles. The lowest BCUT2D eigenvalue weighted by Crippen LogP contribution is -2.47. The lowest BCUT2D eigenvalue weighted by atomic mass is 10.0. The third-order valence-corrected chi connectivity index (χ3v) is 4.56. The van der Waals surface area contributed by atoms with Gasteiger partial charge in [-0.1, -0.05) is 13.8 Å². The first kappa shape index (κ1) is 19.5. The summed E-state index contributed by atoms with van der Waals surface area (Å²) in [4.78, 5) is 46.9. The molecule has 3 amide bonds. The molecule has 2 aromatic heterocycles. The SMILES string of the molecule is CC(C)C(=O)N1CCC(NC(=O)c2nccnc2NC(=O)c2ccoc2)CC1. The highest BCUT2D eigenvalue weighted by atomic mass is 16.3. The van der Waals surface area contributed by atoms with Gasteiger partial charge in [0.15, 0.2) is 11.5 Å². The van der Waals surface area contributed by atoms with Gasteiger partial charge in [-0.05, 0) is 18.9 Å². The number of hydrogen-bond acceptors (Lipinski definition) is 6. The molecule has 0 radical (unpaired) electrons. The van der Waals surface area contributed by atoms with E-state index in [9.17, 15) is 14.4 Å². The van der Waals surface area contributed by atoms with Crippen LogP contribution >= 0.6 is 0 Å². The number of piperidine rings is 1. The minimum atomic E-state index is -0.441. The summed E-state index contributed by atoms with van der Waals surface area (Å²) in [6.07, 6.45) is 6.82. The maximum atomic E-state index is 12.7. The summed E-state index contributed by atoms with van der Waals surface area (Å²) in [6.45, 7) is 4.96. The lowest BCUT2D eigenvalue weighted by molar-refractivity contribution is -0.135. The van der Waals surface area contributed by atoms with Crippen molar-refractivity contribution in [1.82, 2.24) is 20.2 Å². The van der Waals surface area contributed by atoms with Crippen LogP contribution in [0.4, 0.5) is 5.82 Å². The van der Waals surface area contributed by atoms with Gasteiger partial charge in [0.2, 0.25) is 5.91 Å². The molecule has 1 aliphatic heterocycles. The van der Waals surface area contributed by atoms with Crippen molar-refractivity contribution in [2.75, 3.05) is 18.4 Å². The number of anilines is 1. The standard InChI is InChI=1S/C19H23N5O4/c1-12(2)19(27)24-8-3-14(4-9-24)22-18(26)15-16(21-7-6-20-15)23-17(25)13-5-10-28-11-13/h5-7,10-12,14H,3-4,8-9H2,1-2H3,(H,22,26)(H,21,23,25). The molecule has 1 saturated heterocycles. The molecule has 0 atom stereocenters. The van der Waals surface area contributed by atoms with E-state index in [-0.39, 0.29) is 29.4 Å². The molecule has 3 rings (SSSR count). The second kappa shape index (κ2) is 8.64. The molecule has 0 saturated carbocycles. The number of aromatic nitrogens is 2. The molecule has 0 unspecified atom stereocenters. The van der Waals surface area contributed by atoms with E-state index in [0.29, 0.717) is 31.5 Å². The van der Waals surface area contributed by atoms with Crippen molar-refractivity contribution in [3.05, 3.63) is 42.2 Å². The van der Waals surface area contributed by atoms with Crippen molar-refractivity contribution >= 4 is 23.5 Å². The number of furan rings is 1. The first-order chi connectivity index (χ1) is 13.5. The van der Waals surface area contributed by atoms with Crippen molar-refractivity contribution < 1.29 is 18.8 Å². The molecular formula is C19H23N5O4. The molecule has 1 aliphatic rings. The predicted molar refractivity (Wildman–Crippen MR) is 101 cm³/mol. The minimum absolute atomic E-state index is 0.0351. The number of likely N-dealkylation sites (tertiary alicyclic amines) is 1. The Hall–Kier alpha value is -3.23. The third-order valence-electron chi connectivity index (χ3n) is 4.56. The van der Waals surface area contributed by atoms with Crippen molar-refractivity contribution in [3.8, 4) is 0 Å². The molecule has 3 heterocycles. The Morgan fingerprint density at radius 2 is 1.86 bits per heavy atom. The average molecular weight is 385 g/mol. The van der Waals surface area contributed by atoms with Gasteiger partial charge in [0.05, 0.1) is 11.8 Å². The second-order valence-electron chi connectivity index (χ2n) is 6.95. The summed E-state index contributed by atoms with van der Waals surface area (Å²) < 4.78 is 4.89. The summed E-state index contributed by atoms with van der Waals surface area (Å²) in [7, 11) is 0. The molecule has 148 valence electrons. The van der Waals surface area contributed by atoms with E-state index in [2.05, 4.69) is 20.6 Å². The number of carbonyl (C=O) groups is 3. The fourth-order valence-electron chi connectivity index (χ4n) is 3.03. The van der Waals surface area contributed by atoms with E-state index in [1.165, 1.54) is 31.0 Å². The summed E-state index contributed by atoms with van der Waals surface area (Å²) >= 11 is 0. The zero-order chi connectivity index (χ0) is 20.1. The van der Waals surface area contributed by atoms with Crippen LogP contribution in [-0.2, 0) is 4.79 Å². The van der Waals surface area contributed by atoms with Gasteiger partial charge in [0.25, 0.3) is 11.8 Å². The monoisotopic (exact) mass is 385 g/mol. The Labute approximate surface area is 162 Å². The zero-order valence-corrected chi connectivity index (χ0v) is 15.8. The second-order valence-corrected chi connectivity index (χ2v) is 6.95. The maximum absolute atomic E-state index is 12.7. The predicted octanol–water partition coefficient (Wildman–Crippen LogP) is 1.70. The van der Waals surface area contributed by atoms with Crippen LogP contribution in [0.1, 0.15) is 47.5 Å². The maximum Gasteiger partial charge on any atom is 0.273 e. The minimum Gasteiger partial charge on any atom is -0.472 e. The molecule has 2 N–H and O–H groups in total. The highest BCUT2D eigenvalue weighted by Crippen LogP contribution is 2.16. The Balaban J connectivity index is 1.61. The molecule has 2 aromatic rings. The van der Waals surface area contributed by atoms with Crippen LogP contribution < -0.4 is 10.6 Å². The number of nitrogens with one attached hydrogen (secondary N) is 2. The third kappa shape index (κ3) is 4.54. The van der Waals surface area contributed by atoms with Crippen LogP contribution in [0.5, 0.6) is 0 Å². The summed E-state index contributed by atoms with van der Waals surface area (Å²) in [5.41, 5.74) is 0.360.